The first-order chi connectivity index (χ1) is 15.2. The van der Waals surface area contributed by atoms with Crippen molar-refractivity contribution in [3.8, 4) is 0 Å². The molecule has 1 aromatic heterocycles. The number of carbonyl (C=O) groups excluding carboxylic acids is 1. The predicted molar refractivity (Wildman–Crippen MR) is 125 cm³/mol. The summed E-state index contributed by atoms with van der Waals surface area (Å²) in [7, 11) is -3.94. The highest BCUT2D eigenvalue weighted by Crippen LogP contribution is 2.26. The molecule has 1 heterocycles. The summed E-state index contributed by atoms with van der Waals surface area (Å²) in [6.07, 6.45) is 3.17. The van der Waals surface area contributed by atoms with Gasteiger partial charge in [0.15, 0.2) is 0 Å². The summed E-state index contributed by atoms with van der Waals surface area (Å²) in [6, 6.07) is 15.4. The molecule has 1 fully saturated rings. The number of hydrogen-bond acceptors (Lipinski definition) is 5. The van der Waals surface area contributed by atoms with E-state index in [1.165, 1.54) is 6.07 Å². The Balaban J connectivity index is 1.77. The van der Waals surface area contributed by atoms with Gasteiger partial charge in [0.1, 0.15) is 11.5 Å². The first-order valence-electron chi connectivity index (χ1n) is 10.6. The Morgan fingerprint density at radius 2 is 1.75 bits per heavy atom. The van der Waals surface area contributed by atoms with Gasteiger partial charge in [-0.2, -0.15) is 0 Å². The number of benzene rings is 2. The molecule has 3 aromatic rings. The van der Waals surface area contributed by atoms with E-state index < -0.39 is 15.9 Å². The molecule has 8 nitrogen and oxygen atoms in total. The molecule has 0 spiro atoms. The van der Waals surface area contributed by atoms with E-state index in [1.54, 1.807) is 42.5 Å². The lowest BCUT2D eigenvalue weighted by molar-refractivity contribution is 0.0920. The second-order valence-electron chi connectivity index (χ2n) is 8.31. The van der Waals surface area contributed by atoms with Gasteiger partial charge in [0.05, 0.1) is 11.3 Å². The number of nitrogens with zero attached hydrogens (tertiary/aromatic N) is 1. The summed E-state index contributed by atoms with van der Waals surface area (Å²) in [4.78, 5) is 13.2. The largest absolute Gasteiger partial charge is 0.384 e. The SMILES string of the molecule is N=C(N)c1ccc2cc(C(=O)NC3CCC(N)CC3)n(S(=O)(=O)Cc3ccccc3)c2c1. The first-order valence-corrected chi connectivity index (χ1v) is 12.2. The third-order valence-corrected chi connectivity index (χ3v) is 7.53. The molecule has 1 aliphatic rings. The number of carbonyl (C=O) groups is 1. The van der Waals surface area contributed by atoms with Crippen molar-refractivity contribution in [2.45, 2.75) is 43.5 Å². The Hall–Kier alpha value is -3.17. The molecule has 4 rings (SSSR count). The van der Waals surface area contributed by atoms with E-state index in [0.29, 0.717) is 22.0 Å². The molecule has 1 saturated carbocycles. The van der Waals surface area contributed by atoms with Crippen molar-refractivity contribution in [2.24, 2.45) is 11.5 Å². The molecule has 0 radical (unpaired) electrons. The van der Waals surface area contributed by atoms with Gasteiger partial charge >= 0.3 is 0 Å². The molecule has 2 aromatic carbocycles. The Bertz CT molecular complexity index is 1260. The number of hydrogen-bond donors (Lipinski definition) is 4. The molecule has 6 N–H and O–H groups in total. The summed E-state index contributed by atoms with van der Waals surface area (Å²) in [5, 5.41) is 11.3. The number of fused-ring (bicyclic) bond motifs is 1. The lowest BCUT2D eigenvalue weighted by Crippen LogP contribution is -2.41. The molecule has 1 amide bonds. The fourth-order valence-electron chi connectivity index (χ4n) is 4.17. The van der Waals surface area contributed by atoms with E-state index in [-0.39, 0.29) is 29.4 Å². The van der Waals surface area contributed by atoms with E-state index in [4.69, 9.17) is 16.9 Å². The number of amides is 1. The standard InChI is InChI=1S/C23H27N5O3S/c24-18-8-10-19(11-9-18)27-23(29)21-12-16-6-7-17(22(25)26)13-20(16)28(21)32(30,31)14-15-4-2-1-3-5-15/h1-7,12-13,18-19H,8-11,14,24H2,(H3,25,26)(H,27,29). The lowest BCUT2D eigenvalue weighted by atomic mass is 9.92. The topological polar surface area (TPSA) is 144 Å². The van der Waals surface area contributed by atoms with Crippen molar-refractivity contribution in [3.63, 3.8) is 0 Å². The maximum absolute atomic E-state index is 13.5. The highest BCUT2D eigenvalue weighted by Gasteiger charge is 2.28. The Morgan fingerprint density at radius 3 is 2.41 bits per heavy atom. The summed E-state index contributed by atoms with van der Waals surface area (Å²) in [5.41, 5.74) is 13.0. The summed E-state index contributed by atoms with van der Waals surface area (Å²) in [5.74, 6) is -0.882. The Morgan fingerprint density at radius 1 is 1.06 bits per heavy atom. The van der Waals surface area contributed by atoms with Gasteiger partial charge in [-0.05, 0) is 43.4 Å². The minimum atomic E-state index is -3.94. The van der Waals surface area contributed by atoms with Crippen LogP contribution in [0, 0.1) is 5.41 Å². The maximum atomic E-state index is 13.5. The van der Waals surface area contributed by atoms with Crippen molar-refractivity contribution in [1.29, 1.82) is 5.41 Å². The predicted octanol–water partition coefficient (Wildman–Crippen LogP) is 2.30. The molecule has 32 heavy (non-hydrogen) atoms. The van der Waals surface area contributed by atoms with Gasteiger partial charge in [-0.25, -0.2) is 12.4 Å². The van der Waals surface area contributed by atoms with Crippen molar-refractivity contribution in [1.82, 2.24) is 9.29 Å². The van der Waals surface area contributed by atoms with Crippen molar-refractivity contribution >= 4 is 32.7 Å². The van der Waals surface area contributed by atoms with Gasteiger partial charge in [0, 0.05) is 23.0 Å². The highest BCUT2D eigenvalue weighted by molar-refractivity contribution is 7.89. The van der Waals surface area contributed by atoms with Gasteiger partial charge < -0.3 is 16.8 Å². The number of nitrogens with one attached hydrogen (secondary N) is 2. The Kier molecular flexibility index (Phi) is 6.03. The summed E-state index contributed by atoms with van der Waals surface area (Å²) < 4.78 is 28.1. The summed E-state index contributed by atoms with van der Waals surface area (Å²) >= 11 is 0. The molecule has 0 unspecified atom stereocenters. The average molecular weight is 454 g/mol. The lowest BCUT2D eigenvalue weighted by Gasteiger charge is -2.27. The zero-order valence-electron chi connectivity index (χ0n) is 17.6. The van der Waals surface area contributed by atoms with Crippen LogP contribution in [0.3, 0.4) is 0 Å². The molecule has 168 valence electrons. The fraction of sp³-hybridized carbons (Fsp3) is 0.304. The number of amidine groups is 1. The van der Waals surface area contributed by atoms with Crippen LogP contribution in [0.1, 0.15) is 47.3 Å². The smallest absolute Gasteiger partial charge is 0.269 e. The number of rotatable bonds is 6. The molecule has 1 aliphatic carbocycles. The Labute approximate surface area is 187 Å². The minimum Gasteiger partial charge on any atom is -0.384 e. The minimum absolute atomic E-state index is 0.0432. The third-order valence-electron chi connectivity index (χ3n) is 5.88. The van der Waals surface area contributed by atoms with Crippen LogP contribution in [0.4, 0.5) is 0 Å². The van der Waals surface area contributed by atoms with Crippen LogP contribution in [0.5, 0.6) is 0 Å². The van der Waals surface area contributed by atoms with Crippen LogP contribution >= 0.6 is 0 Å². The first kappa shape index (κ1) is 22.0. The second-order valence-corrected chi connectivity index (χ2v) is 10.1. The van der Waals surface area contributed by atoms with Gasteiger partial charge in [-0.15, -0.1) is 0 Å². The van der Waals surface area contributed by atoms with Gasteiger partial charge in [0.25, 0.3) is 5.91 Å². The fourth-order valence-corrected chi connectivity index (χ4v) is 5.81. The molecule has 9 heteroatoms. The average Bonchev–Trinajstić information content (AvgIpc) is 3.15. The van der Waals surface area contributed by atoms with Crippen LogP contribution in [0.2, 0.25) is 0 Å². The molecule has 0 aliphatic heterocycles. The maximum Gasteiger partial charge on any atom is 0.269 e. The molecular weight excluding hydrogens is 426 g/mol. The number of aromatic nitrogens is 1. The quantitative estimate of drug-likeness (QED) is 0.334. The monoisotopic (exact) mass is 453 g/mol. The molecule has 0 atom stereocenters. The van der Waals surface area contributed by atoms with E-state index in [2.05, 4.69) is 5.32 Å². The zero-order chi connectivity index (χ0) is 22.9. The van der Waals surface area contributed by atoms with E-state index >= 15 is 0 Å². The summed E-state index contributed by atoms with van der Waals surface area (Å²) in [6.45, 7) is 0. The molecule has 0 saturated heterocycles. The van der Waals surface area contributed by atoms with Crippen LogP contribution in [0.15, 0.2) is 54.6 Å². The van der Waals surface area contributed by atoms with Gasteiger partial charge in [0.2, 0.25) is 10.0 Å². The molecule has 0 bridgehead atoms. The van der Waals surface area contributed by atoms with Crippen LogP contribution in [-0.4, -0.2) is 36.2 Å². The van der Waals surface area contributed by atoms with E-state index in [0.717, 1.165) is 29.7 Å². The number of nitrogens with two attached hydrogens (primary N) is 2. The van der Waals surface area contributed by atoms with Gasteiger partial charge in [-0.3, -0.25) is 10.2 Å². The molecular formula is C23H27N5O3S. The van der Waals surface area contributed by atoms with Crippen LogP contribution in [0.25, 0.3) is 10.9 Å². The highest BCUT2D eigenvalue weighted by atomic mass is 32.2. The van der Waals surface area contributed by atoms with Crippen LogP contribution in [-0.2, 0) is 15.8 Å². The van der Waals surface area contributed by atoms with Gasteiger partial charge in [-0.1, -0.05) is 42.5 Å². The van der Waals surface area contributed by atoms with E-state index in [1.807, 2.05) is 6.07 Å². The number of nitrogen functional groups attached to an aromatic ring is 1. The van der Waals surface area contributed by atoms with E-state index in [9.17, 15) is 13.2 Å². The second kappa shape index (κ2) is 8.76. The van der Waals surface area contributed by atoms with Crippen LogP contribution < -0.4 is 16.8 Å². The normalized spacial score (nSPS) is 19.0. The van der Waals surface area contributed by atoms with Crippen molar-refractivity contribution in [3.05, 3.63) is 71.4 Å². The zero-order valence-corrected chi connectivity index (χ0v) is 18.4. The van der Waals surface area contributed by atoms with Crippen molar-refractivity contribution < 1.29 is 13.2 Å². The van der Waals surface area contributed by atoms with Crippen molar-refractivity contribution in [2.75, 3.05) is 0 Å². The third kappa shape index (κ3) is 4.53.